The highest BCUT2D eigenvalue weighted by Gasteiger charge is 2.04. The Morgan fingerprint density at radius 2 is 1.85 bits per heavy atom. The first-order valence-corrected chi connectivity index (χ1v) is 3.46. The third-order valence-corrected chi connectivity index (χ3v) is 1.39. The van der Waals surface area contributed by atoms with Gasteiger partial charge >= 0.3 is 5.97 Å². The molecule has 4 heteroatoms. The summed E-state index contributed by atoms with van der Waals surface area (Å²) in [6, 6.07) is 3.33. The molecule has 0 radical (unpaired) electrons. The summed E-state index contributed by atoms with van der Waals surface area (Å²) >= 11 is 0. The quantitative estimate of drug-likeness (QED) is 0.714. The highest BCUT2D eigenvalue weighted by atomic mass is 19.1. The molecule has 0 amide bonds. The number of hydrogen-bond donors (Lipinski definition) is 1. The van der Waals surface area contributed by atoms with Crippen LogP contribution in [0.25, 0.3) is 6.08 Å². The van der Waals surface area contributed by atoms with Gasteiger partial charge < -0.3 is 5.11 Å². The molecule has 1 aromatic carbocycles. The second-order valence-electron chi connectivity index (χ2n) is 2.31. The highest BCUT2D eigenvalue weighted by molar-refractivity contribution is 5.85. The summed E-state index contributed by atoms with van der Waals surface area (Å²) in [6.45, 7) is 0. The van der Waals surface area contributed by atoms with Crippen molar-refractivity contribution in [3.05, 3.63) is 41.5 Å². The van der Waals surface area contributed by atoms with E-state index in [9.17, 15) is 13.6 Å². The molecular formula is C9H6F2O2. The van der Waals surface area contributed by atoms with Gasteiger partial charge in [-0.15, -0.1) is 0 Å². The zero-order valence-electron chi connectivity index (χ0n) is 6.50. The minimum Gasteiger partial charge on any atom is -0.478 e. The number of halogens is 2. The molecule has 0 bridgehead atoms. The molecule has 1 aromatic rings. The van der Waals surface area contributed by atoms with Crippen LogP contribution in [0.5, 0.6) is 0 Å². The molecule has 2 nitrogen and oxygen atoms in total. The van der Waals surface area contributed by atoms with Crippen LogP contribution in [-0.4, -0.2) is 11.1 Å². The van der Waals surface area contributed by atoms with E-state index in [4.69, 9.17) is 5.11 Å². The Labute approximate surface area is 73.1 Å². The Morgan fingerprint density at radius 3 is 2.31 bits per heavy atom. The zero-order chi connectivity index (χ0) is 9.84. The minimum absolute atomic E-state index is 0.343. The number of rotatable bonds is 2. The maximum atomic E-state index is 12.8. The second-order valence-corrected chi connectivity index (χ2v) is 2.31. The number of carboxylic acid groups (broad SMARTS) is 1. The van der Waals surface area contributed by atoms with Crippen molar-refractivity contribution in [1.29, 1.82) is 0 Å². The highest BCUT2D eigenvalue weighted by Crippen LogP contribution is 2.13. The standard InChI is InChI=1S/C9H6F2O2/c10-7-2-1-3-8(11)6(7)4-5-9(12)13/h1-5H,(H,12,13)/b5-4+. The fourth-order valence-corrected chi connectivity index (χ4v) is 0.825. The molecule has 0 atom stereocenters. The molecule has 1 rings (SSSR count). The molecule has 0 aliphatic rings. The van der Waals surface area contributed by atoms with Gasteiger partial charge in [-0.1, -0.05) is 6.07 Å². The van der Waals surface area contributed by atoms with Gasteiger partial charge in [-0.25, -0.2) is 13.6 Å². The number of carboxylic acids is 1. The molecule has 1 N–H and O–H groups in total. The Bertz CT molecular complexity index is 338. The van der Waals surface area contributed by atoms with Gasteiger partial charge in [0.2, 0.25) is 0 Å². The number of aliphatic carboxylic acids is 1. The predicted molar refractivity (Wildman–Crippen MR) is 43.0 cm³/mol. The fraction of sp³-hybridized carbons (Fsp3) is 0. The monoisotopic (exact) mass is 184 g/mol. The van der Waals surface area contributed by atoms with Crippen LogP contribution in [-0.2, 0) is 4.79 Å². The van der Waals surface area contributed by atoms with Crippen molar-refractivity contribution in [1.82, 2.24) is 0 Å². The maximum absolute atomic E-state index is 12.8. The van der Waals surface area contributed by atoms with E-state index in [1.165, 1.54) is 6.07 Å². The maximum Gasteiger partial charge on any atom is 0.328 e. The van der Waals surface area contributed by atoms with Crippen LogP contribution >= 0.6 is 0 Å². The molecule has 0 aliphatic carbocycles. The van der Waals surface area contributed by atoms with Gasteiger partial charge in [0, 0.05) is 11.6 Å². The SMILES string of the molecule is O=C(O)/C=C/c1c(F)cccc1F. The molecule has 0 fully saturated rings. The summed E-state index contributed by atoms with van der Waals surface area (Å²) in [7, 11) is 0. The fourth-order valence-electron chi connectivity index (χ4n) is 0.825. The van der Waals surface area contributed by atoms with Crippen LogP contribution < -0.4 is 0 Å². The summed E-state index contributed by atoms with van der Waals surface area (Å²) in [5.74, 6) is -2.81. The average molecular weight is 184 g/mol. The lowest BCUT2D eigenvalue weighted by atomic mass is 10.2. The predicted octanol–water partition coefficient (Wildman–Crippen LogP) is 2.06. The largest absolute Gasteiger partial charge is 0.478 e. The van der Waals surface area contributed by atoms with Gasteiger partial charge in [0.05, 0.1) is 0 Å². The van der Waals surface area contributed by atoms with Crippen LogP contribution in [0.4, 0.5) is 8.78 Å². The molecule has 68 valence electrons. The summed E-state index contributed by atoms with van der Waals surface area (Å²) < 4.78 is 25.6. The second kappa shape index (κ2) is 3.80. The molecule has 0 heterocycles. The third-order valence-electron chi connectivity index (χ3n) is 1.39. The van der Waals surface area contributed by atoms with E-state index in [0.717, 1.165) is 18.2 Å². The van der Waals surface area contributed by atoms with Gasteiger partial charge in [-0.2, -0.15) is 0 Å². The summed E-state index contributed by atoms with van der Waals surface area (Å²) in [5, 5.41) is 8.22. The molecule has 0 spiro atoms. The van der Waals surface area contributed by atoms with E-state index in [1.54, 1.807) is 0 Å². The van der Waals surface area contributed by atoms with E-state index in [-0.39, 0.29) is 5.56 Å². The Morgan fingerprint density at radius 1 is 1.31 bits per heavy atom. The first-order chi connectivity index (χ1) is 6.11. The van der Waals surface area contributed by atoms with Crippen molar-refractivity contribution in [2.45, 2.75) is 0 Å². The summed E-state index contributed by atoms with van der Waals surface area (Å²) in [5.41, 5.74) is -0.343. The van der Waals surface area contributed by atoms with Crippen LogP contribution in [0.2, 0.25) is 0 Å². The lowest BCUT2D eigenvalue weighted by Crippen LogP contribution is -1.90. The molecule has 0 unspecified atom stereocenters. The van der Waals surface area contributed by atoms with Gasteiger partial charge in [0.15, 0.2) is 0 Å². The van der Waals surface area contributed by atoms with Gasteiger partial charge in [-0.3, -0.25) is 0 Å². The topological polar surface area (TPSA) is 37.3 Å². The van der Waals surface area contributed by atoms with Gasteiger partial charge in [-0.05, 0) is 18.2 Å². The smallest absolute Gasteiger partial charge is 0.328 e. The van der Waals surface area contributed by atoms with E-state index >= 15 is 0 Å². The summed E-state index contributed by atoms with van der Waals surface area (Å²) in [6.07, 6.45) is 1.56. The van der Waals surface area contributed by atoms with E-state index in [2.05, 4.69) is 0 Å². The van der Waals surface area contributed by atoms with Crippen molar-refractivity contribution in [2.75, 3.05) is 0 Å². The first kappa shape index (κ1) is 9.38. The average Bonchev–Trinajstić information content (AvgIpc) is 2.03. The van der Waals surface area contributed by atoms with Crippen molar-refractivity contribution >= 4 is 12.0 Å². The molecule has 0 aliphatic heterocycles. The number of benzene rings is 1. The number of hydrogen-bond acceptors (Lipinski definition) is 1. The lowest BCUT2D eigenvalue weighted by molar-refractivity contribution is -0.131. The van der Waals surface area contributed by atoms with E-state index < -0.39 is 17.6 Å². The van der Waals surface area contributed by atoms with Crippen LogP contribution in [0.15, 0.2) is 24.3 Å². The van der Waals surface area contributed by atoms with E-state index in [0.29, 0.717) is 6.08 Å². The van der Waals surface area contributed by atoms with Crippen molar-refractivity contribution in [3.8, 4) is 0 Å². The van der Waals surface area contributed by atoms with Gasteiger partial charge in [0.25, 0.3) is 0 Å². The first-order valence-electron chi connectivity index (χ1n) is 3.46. The van der Waals surface area contributed by atoms with Crippen LogP contribution in [0, 0.1) is 11.6 Å². The Hall–Kier alpha value is -1.71. The van der Waals surface area contributed by atoms with Crippen LogP contribution in [0.1, 0.15) is 5.56 Å². The Kier molecular flexibility index (Phi) is 2.74. The molecule has 0 saturated carbocycles. The lowest BCUT2D eigenvalue weighted by Gasteiger charge is -1.96. The minimum atomic E-state index is -1.25. The molecular weight excluding hydrogens is 178 g/mol. The van der Waals surface area contributed by atoms with Crippen molar-refractivity contribution in [2.24, 2.45) is 0 Å². The van der Waals surface area contributed by atoms with Crippen LogP contribution in [0.3, 0.4) is 0 Å². The van der Waals surface area contributed by atoms with Crippen molar-refractivity contribution < 1.29 is 18.7 Å². The molecule has 0 saturated heterocycles. The number of carbonyl (C=O) groups is 1. The van der Waals surface area contributed by atoms with Gasteiger partial charge in [0.1, 0.15) is 11.6 Å². The van der Waals surface area contributed by atoms with Crippen molar-refractivity contribution in [3.63, 3.8) is 0 Å². The normalized spacial score (nSPS) is 10.6. The molecule has 13 heavy (non-hydrogen) atoms. The summed E-state index contributed by atoms with van der Waals surface area (Å²) in [4.78, 5) is 10.1. The Balaban J connectivity index is 3.06. The third kappa shape index (κ3) is 2.37. The molecule has 0 aromatic heterocycles. The zero-order valence-corrected chi connectivity index (χ0v) is 6.50. The van der Waals surface area contributed by atoms with E-state index in [1.807, 2.05) is 0 Å².